The number of hydrogen-bond donors (Lipinski definition) is 1. The molecule has 110 valence electrons. The van der Waals surface area contributed by atoms with Crippen LogP contribution in [0.5, 0.6) is 0 Å². The number of benzene rings is 1. The summed E-state index contributed by atoms with van der Waals surface area (Å²) in [5.74, 6) is -0.167. The maximum absolute atomic E-state index is 11.9. The SMILES string of the molecule is CC1CCCC(Cc2cccc3cccnc23)(C(=O)O)C1. The molecule has 1 aliphatic rings. The molecule has 2 aromatic rings. The molecule has 2 atom stereocenters. The van der Waals surface area contributed by atoms with Gasteiger partial charge in [-0.25, -0.2) is 0 Å². The first-order chi connectivity index (χ1) is 10.1. The van der Waals surface area contributed by atoms with Crippen molar-refractivity contribution < 1.29 is 9.90 Å². The Morgan fingerprint density at radius 2 is 2.19 bits per heavy atom. The summed E-state index contributed by atoms with van der Waals surface area (Å²) < 4.78 is 0. The standard InChI is InChI=1S/C18H21NO2/c1-13-5-3-9-18(11-13,17(20)21)12-15-7-2-6-14-8-4-10-19-16(14)15/h2,4,6-8,10,13H,3,5,9,11-12H2,1H3,(H,20,21). The van der Waals surface area contributed by atoms with Gasteiger partial charge in [-0.1, -0.05) is 44.0 Å². The number of rotatable bonds is 3. The monoisotopic (exact) mass is 283 g/mol. The number of carbonyl (C=O) groups is 1. The summed E-state index contributed by atoms with van der Waals surface area (Å²) in [6.07, 6.45) is 6.06. The summed E-state index contributed by atoms with van der Waals surface area (Å²) in [5, 5.41) is 10.9. The summed E-state index contributed by atoms with van der Waals surface area (Å²) in [6.45, 7) is 2.16. The lowest BCUT2D eigenvalue weighted by Crippen LogP contribution is -2.38. The predicted octanol–water partition coefficient (Wildman–Crippen LogP) is 4.06. The minimum atomic E-state index is -0.651. The molecule has 1 aromatic heterocycles. The molecular weight excluding hydrogens is 262 g/mol. The molecule has 0 bridgehead atoms. The molecule has 3 nitrogen and oxygen atoms in total. The van der Waals surface area contributed by atoms with Crippen molar-refractivity contribution >= 4 is 16.9 Å². The van der Waals surface area contributed by atoms with Gasteiger partial charge in [0.1, 0.15) is 0 Å². The van der Waals surface area contributed by atoms with Crippen LogP contribution in [0.2, 0.25) is 0 Å². The van der Waals surface area contributed by atoms with Crippen LogP contribution >= 0.6 is 0 Å². The van der Waals surface area contributed by atoms with E-state index in [9.17, 15) is 9.90 Å². The highest BCUT2D eigenvalue weighted by Gasteiger charge is 2.42. The second-order valence-corrected chi connectivity index (χ2v) is 6.46. The van der Waals surface area contributed by atoms with Gasteiger partial charge < -0.3 is 5.11 Å². The maximum Gasteiger partial charge on any atom is 0.309 e. The Labute approximate surface area is 125 Å². The highest BCUT2D eigenvalue weighted by atomic mass is 16.4. The minimum absolute atomic E-state index is 0.484. The van der Waals surface area contributed by atoms with Gasteiger partial charge in [-0.05, 0) is 36.8 Å². The minimum Gasteiger partial charge on any atom is -0.481 e. The van der Waals surface area contributed by atoms with Gasteiger partial charge in [0.2, 0.25) is 0 Å². The zero-order valence-corrected chi connectivity index (χ0v) is 12.4. The van der Waals surface area contributed by atoms with Crippen LogP contribution < -0.4 is 0 Å². The third-order valence-corrected chi connectivity index (χ3v) is 4.79. The van der Waals surface area contributed by atoms with E-state index in [0.717, 1.165) is 42.1 Å². The molecule has 2 unspecified atom stereocenters. The number of pyridine rings is 1. The van der Waals surface area contributed by atoms with Crippen LogP contribution in [0.3, 0.4) is 0 Å². The van der Waals surface area contributed by atoms with Gasteiger partial charge in [-0.2, -0.15) is 0 Å². The van der Waals surface area contributed by atoms with Gasteiger partial charge >= 0.3 is 5.97 Å². The fourth-order valence-electron chi connectivity index (χ4n) is 3.77. The lowest BCUT2D eigenvalue weighted by molar-refractivity contribution is -0.152. The molecule has 1 heterocycles. The van der Waals surface area contributed by atoms with Gasteiger partial charge in [0.25, 0.3) is 0 Å². The van der Waals surface area contributed by atoms with Gasteiger partial charge in [0, 0.05) is 11.6 Å². The molecule has 1 saturated carbocycles. The molecule has 1 fully saturated rings. The number of carboxylic acids is 1. The quantitative estimate of drug-likeness (QED) is 0.924. The van der Waals surface area contributed by atoms with Crippen molar-refractivity contribution in [2.75, 3.05) is 0 Å². The van der Waals surface area contributed by atoms with E-state index in [1.54, 1.807) is 6.20 Å². The van der Waals surface area contributed by atoms with E-state index in [4.69, 9.17) is 0 Å². The van der Waals surface area contributed by atoms with Crippen molar-refractivity contribution in [2.45, 2.75) is 39.0 Å². The Morgan fingerprint density at radius 3 is 2.95 bits per heavy atom. The molecule has 1 N–H and O–H groups in total. The first-order valence-electron chi connectivity index (χ1n) is 7.67. The summed E-state index contributed by atoms with van der Waals surface area (Å²) >= 11 is 0. The lowest BCUT2D eigenvalue weighted by Gasteiger charge is -2.36. The third-order valence-electron chi connectivity index (χ3n) is 4.79. The van der Waals surface area contributed by atoms with Crippen molar-refractivity contribution in [3.05, 3.63) is 42.1 Å². The van der Waals surface area contributed by atoms with Crippen molar-refractivity contribution in [1.82, 2.24) is 4.98 Å². The van der Waals surface area contributed by atoms with E-state index in [1.807, 2.05) is 30.3 Å². The molecule has 3 rings (SSSR count). The topological polar surface area (TPSA) is 50.2 Å². The summed E-state index contributed by atoms with van der Waals surface area (Å²) in [5.41, 5.74) is 1.38. The van der Waals surface area contributed by atoms with Crippen LogP contribution in [0.25, 0.3) is 10.9 Å². The van der Waals surface area contributed by atoms with E-state index < -0.39 is 11.4 Å². The Balaban J connectivity index is 2.00. The van der Waals surface area contributed by atoms with Crippen LogP contribution in [0.4, 0.5) is 0 Å². The molecular formula is C18H21NO2. The second-order valence-electron chi connectivity index (χ2n) is 6.46. The zero-order valence-electron chi connectivity index (χ0n) is 12.4. The number of nitrogens with zero attached hydrogens (tertiary/aromatic N) is 1. The molecule has 0 radical (unpaired) electrons. The Kier molecular flexibility index (Phi) is 3.66. The number of aliphatic carboxylic acids is 1. The van der Waals surface area contributed by atoms with E-state index in [2.05, 4.69) is 11.9 Å². The van der Waals surface area contributed by atoms with E-state index >= 15 is 0 Å². The summed E-state index contributed by atoms with van der Waals surface area (Å²) in [4.78, 5) is 16.4. The molecule has 0 aliphatic heterocycles. The summed E-state index contributed by atoms with van der Waals surface area (Å²) in [6, 6.07) is 10.0. The smallest absolute Gasteiger partial charge is 0.309 e. The Hall–Kier alpha value is -1.90. The van der Waals surface area contributed by atoms with Crippen molar-refractivity contribution in [3.8, 4) is 0 Å². The molecule has 1 aromatic carbocycles. The number of fused-ring (bicyclic) bond motifs is 1. The molecule has 3 heteroatoms. The molecule has 1 aliphatic carbocycles. The van der Waals surface area contributed by atoms with Crippen LogP contribution in [-0.2, 0) is 11.2 Å². The van der Waals surface area contributed by atoms with Gasteiger partial charge in [-0.3, -0.25) is 9.78 Å². The van der Waals surface area contributed by atoms with E-state index in [0.29, 0.717) is 12.3 Å². The van der Waals surface area contributed by atoms with Gasteiger partial charge in [0.05, 0.1) is 10.9 Å². The second kappa shape index (κ2) is 5.47. The number of hydrogen-bond acceptors (Lipinski definition) is 2. The first-order valence-corrected chi connectivity index (χ1v) is 7.67. The number of carboxylic acid groups (broad SMARTS) is 1. The van der Waals surface area contributed by atoms with Crippen molar-refractivity contribution in [3.63, 3.8) is 0 Å². The van der Waals surface area contributed by atoms with Crippen molar-refractivity contribution in [1.29, 1.82) is 0 Å². The first kappa shape index (κ1) is 14.1. The fourth-order valence-corrected chi connectivity index (χ4v) is 3.77. The van der Waals surface area contributed by atoms with Gasteiger partial charge in [0.15, 0.2) is 0 Å². The van der Waals surface area contributed by atoms with Gasteiger partial charge in [-0.15, -0.1) is 0 Å². The Morgan fingerprint density at radius 1 is 1.38 bits per heavy atom. The normalized spacial score (nSPS) is 25.9. The summed E-state index contributed by atoms with van der Waals surface area (Å²) in [7, 11) is 0. The highest BCUT2D eigenvalue weighted by Crippen LogP contribution is 2.42. The average Bonchev–Trinajstić information content (AvgIpc) is 2.47. The number of aromatic nitrogens is 1. The number of para-hydroxylation sites is 1. The predicted molar refractivity (Wildman–Crippen MR) is 83.1 cm³/mol. The zero-order chi connectivity index (χ0) is 14.9. The van der Waals surface area contributed by atoms with E-state index in [1.165, 1.54) is 0 Å². The average molecular weight is 283 g/mol. The van der Waals surface area contributed by atoms with Crippen molar-refractivity contribution in [2.24, 2.45) is 11.3 Å². The van der Waals surface area contributed by atoms with Crippen LogP contribution in [0.1, 0.15) is 38.2 Å². The fraction of sp³-hybridized carbons (Fsp3) is 0.444. The molecule has 0 amide bonds. The third kappa shape index (κ3) is 2.65. The van der Waals surface area contributed by atoms with Crippen LogP contribution in [0.15, 0.2) is 36.5 Å². The highest BCUT2D eigenvalue weighted by molar-refractivity contribution is 5.83. The maximum atomic E-state index is 11.9. The molecule has 0 saturated heterocycles. The van der Waals surface area contributed by atoms with Crippen LogP contribution in [-0.4, -0.2) is 16.1 Å². The largest absolute Gasteiger partial charge is 0.481 e. The molecule has 21 heavy (non-hydrogen) atoms. The van der Waals surface area contributed by atoms with E-state index in [-0.39, 0.29) is 0 Å². The molecule has 0 spiro atoms. The Bertz CT molecular complexity index is 662. The van der Waals surface area contributed by atoms with Crippen LogP contribution in [0, 0.1) is 11.3 Å². The lowest BCUT2D eigenvalue weighted by atomic mass is 9.67.